The second-order valence-electron chi connectivity index (χ2n) is 5.43. The number of carboxylic acid groups (broad SMARTS) is 1. The van der Waals surface area contributed by atoms with Crippen LogP contribution in [0, 0.1) is 11.6 Å². The summed E-state index contributed by atoms with van der Waals surface area (Å²) < 4.78 is 41.1. The third-order valence-corrected chi connectivity index (χ3v) is 4.14. The lowest BCUT2D eigenvalue weighted by Gasteiger charge is -2.34. The van der Waals surface area contributed by atoms with Gasteiger partial charge in [0.1, 0.15) is 6.17 Å². The zero-order valence-electron chi connectivity index (χ0n) is 11.3. The van der Waals surface area contributed by atoms with Gasteiger partial charge >= 0.3 is 5.97 Å². The Bertz CT molecular complexity index is 520. The maximum atomic E-state index is 14.1. The number of aliphatic carboxylic acids is 1. The maximum absolute atomic E-state index is 14.1. The van der Waals surface area contributed by atoms with Crippen LogP contribution in [-0.4, -0.2) is 11.1 Å². The lowest BCUT2D eigenvalue weighted by atomic mass is 9.69. The summed E-state index contributed by atoms with van der Waals surface area (Å²) in [6, 6.07) is 1.96. The summed E-state index contributed by atoms with van der Waals surface area (Å²) >= 11 is 0. The molecule has 1 N–H and O–H groups in total. The molecule has 1 aliphatic carbocycles. The van der Waals surface area contributed by atoms with Crippen molar-refractivity contribution in [3.63, 3.8) is 0 Å². The molecular weight excluding hydrogens is 269 g/mol. The minimum Gasteiger partial charge on any atom is -0.481 e. The van der Waals surface area contributed by atoms with Crippen LogP contribution in [0.3, 0.4) is 0 Å². The second-order valence-corrected chi connectivity index (χ2v) is 5.43. The molecule has 0 aliphatic heterocycles. The predicted molar refractivity (Wildman–Crippen MR) is 68.3 cm³/mol. The third kappa shape index (κ3) is 2.41. The summed E-state index contributed by atoms with van der Waals surface area (Å²) in [5.74, 6) is -3.52. The number of alkyl halides is 1. The van der Waals surface area contributed by atoms with E-state index in [0.717, 1.165) is 12.5 Å². The molecule has 0 spiro atoms. The van der Waals surface area contributed by atoms with Gasteiger partial charge < -0.3 is 5.11 Å². The van der Waals surface area contributed by atoms with Crippen molar-refractivity contribution in [2.75, 3.05) is 0 Å². The van der Waals surface area contributed by atoms with E-state index in [9.17, 15) is 23.1 Å². The molecule has 0 heterocycles. The van der Waals surface area contributed by atoms with E-state index in [0.29, 0.717) is 12.8 Å². The number of carboxylic acids is 1. The maximum Gasteiger partial charge on any atom is 0.314 e. The van der Waals surface area contributed by atoms with Crippen LogP contribution >= 0.6 is 0 Å². The van der Waals surface area contributed by atoms with Gasteiger partial charge in [-0.05, 0) is 37.5 Å². The van der Waals surface area contributed by atoms with E-state index in [1.54, 1.807) is 0 Å². The summed E-state index contributed by atoms with van der Waals surface area (Å²) in [4.78, 5) is 11.6. The summed E-state index contributed by atoms with van der Waals surface area (Å²) in [6.45, 7) is 1.21. The Morgan fingerprint density at radius 2 is 1.85 bits per heavy atom. The Labute approximate surface area is 115 Å². The van der Waals surface area contributed by atoms with Gasteiger partial charge in [0, 0.05) is 5.56 Å². The highest BCUT2D eigenvalue weighted by molar-refractivity contribution is 5.81. The fourth-order valence-corrected chi connectivity index (χ4v) is 2.94. The molecule has 0 radical (unpaired) electrons. The van der Waals surface area contributed by atoms with Gasteiger partial charge in [-0.25, -0.2) is 13.2 Å². The average molecular weight is 286 g/mol. The molecule has 1 unspecified atom stereocenters. The molecule has 0 aromatic heterocycles. The normalized spacial score (nSPS) is 19.6. The first-order valence-corrected chi connectivity index (χ1v) is 6.75. The summed E-state index contributed by atoms with van der Waals surface area (Å²) in [5.41, 5.74) is -1.68. The molecule has 1 aromatic carbocycles. The zero-order chi connectivity index (χ0) is 14.9. The van der Waals surface area contributed by atoms with E-state index in [2.05, 4.69) is 0 Å². The molecule has 1 aliphatic rings. The molecule has 0 saturated heterocycles. The van der Waals surface area contributed by atoms with Crippen LogP contribution in [0.4, 0.5) is 13.2 Å². The molecule has 2 nitrogen and oxygen atoms in total. The first kappa shape index (κ1) is 14.9. The number of halogens is 3. The van der Waals surface area contributed by atoms with Gasteiger partial charge in [-0.3, -0.25) is 4.79 Å². The van der Waals surface area contributed by atoms with E-state index in [1.165, 1.54) is 13.0 Å². The molecule has 0 bridgehead atoms. The fourth-order valence-electron chi connectivity index (χ4n) is 2.94. The first-order chi connectivity index (χ1) is 9.38. The van der Waals surface area contributed by atoms with Gasteiger partial charge in [0.15, 0.2) is 11.6 Å². The summed E-state index contributed by atoms with van der Waals surface area (Å²) in [5, 5.41) is 9.50. The minimum absolute atomic E-state index is 0.0231. The number of benzene rings is 1. The van der Waals surface area contributed by atoms with E-state index >= 15 is 0 Å². The lowest BCUT2D eigenvalue weighted by molar-refractivity contribution is -0.145. The van der Waals surface area contributed by atoms with E-state index < -0.39 is 29.2 Å². The Balaban J connectivity index is 2.61. The molecule has 5 heteroatoms. The molecular formula is C15H17F3O2. The molecule has 1 saturated carbocycles. The average Bonchev–Trinajstić information content (AvgIpc) is 2.42. The topological polar surface area (TPSA) is 37.3 Å². The Hall–Kier alpha value is -1.52. The molecule has 1 atom stereocenters. The van der Waals surface area contributed by atoms with Crippen molar-refractivity contribution >= 4 is 5.97 Å². The van der Waals surface area contributed by atoms with E-state index in [1.807, 2.05) is 0 Å². The summed E-state index contributed by atoms with van der Waals surface area (Å²) in [6.07, 6.45) is 1.19. The highest BCUT2D eigenvalue weighted by Gasteiger charge is 2.44. The molecule has 0 amide bonds. The van der Waals surface area contributed by atoms with Crippen molar-refractivity contribution in [3.8, 4) is 0 Å². The second kappa shape index (κ2) is 5.46. The number of hydrogen-bond acceptors (Lipinski definition) is 1. The van der Waals surface area contributed by atoms with Crippen LogP contribution in [0.5, 0.6) is 0 Å². The number of rotatable bonds is 3. The predicted octanol–water partition coefficient (Wildman–Crippen LogP) is 4.28. The Morgan fingerprint density at radius 3 is 2.35 bits per heavy atom. The lowest BCUT2D eigenvalue weighted by Crippen LogP contribution is -2.39. The van der Waals surface area contributed by atoms with Gasteiger partial charge in [0.2, 0.25) is 0 Å². The summed E-state index contributed by atoms with van der Waals surface area (Å²) in [7, 11) is 0. The van der Waals surface area contributed by atoms with Crippen molar-refractivity contribution in [2.45, 2.75) is 50.6 Å². The zero-order valence-corrected chi connectivity index (χ0v) is 11.3. The molecule has 1 aromatic rings. The van der Waals surface area contributed by atoms with Crippen molar-refractivity contribution in [1.29, 1.82) is 0 Å². The van der Waals surface area contributed by atoms with Crippen LogP contribution in [0.25, 0.3) is 0 Å². The van der Waals surface area contributed by atoms with Crippen LogP contribution in [0.1, 0.15) is 56.3 Å². The third-order valence-electron chi connectivity index (χ3n) is 4.14. The van der Waals surface area contributed by atoms with Crippen LogP contribution in [-0.2, 0) is 10.2 Å². The van der Waals surface area contributed by atoms with E-state index in [4.69, 9.17) is 0 Å². The highest BCUT2D eigenvalue weighted by Crippen LogP contribution is 2.42. The number of carbonyl (C=O) groups is 1. The smallest absolute Gasteiger partial charge is 0.314 e. The first-order valence-electron chi connectivity index (χ1n) is 6.75. The highest BCUT2D eigenvalue weighted by atomic mass is 19.2. The Morgan fingerprint density at radius 1 is 1.25 bits per heavy atom. The Kier molecular flexibility index (Phi) is 4.06. The SMILES string of the molecule is CC(F)c1cc(F)c(F)c(C2(C(=O)O)CCCCC2)c1. The van der Waals surface area contributed by atoms with Crippen molar-refractivity contribution in [2.24, 2.45) is 0 Å². The van der Waals surface area contributed by atoms with Gasteiger partial charge in [0.05, 0.1) is 5.41 Å². The van der Waals surface area contributed by atoms with Crippen molar-refractivity contribution in [1.82, 2.24) is 0 Å². The molecule has 1 fully saturated rings. The van der Waals surface area contributed by atoms with Crippen LogP contribution < -0.4 is 0 Å². The van der Waals surface area contributed by atoms with Crippen molar-refractivity contribution < 1.29 is 23.1 Å². The minimum atomic E-state index is -1.47. The van der Waals surface area contributed by atoms with Gasteiger partial charge in [-0.2, -0.15) is 0 Å². The van der Waals surface area contributed by atoms with Crippen LogP contribution in [0.15, 0.2) is 12.1 Å². The molecule has 2 rings (SSSR count). The quantitative estimate of drug-likeness (QED) is 0.900. The van der Waals surface area contributed by atoms with Gasteiger partial charge in [-0.15, -0.1) is 0 Å². The fraction of sp³-hybridized carbons (Fsp3) is 0.533. The molecule has 20 heavy (non-hydrogen) atoms. The van der Waals surface area contributed by atoms with Gasteiger partial charge in [0.25, 0.3) is 0 Å². The largest absolute Gasteiger partial charge is 0.481 e. The number of hydrogen-bond donors (Lipinski definition) is 1. The molecule has 110 valence electrons. The van der Waals surface area contributed by atoms with Gasteiger partial charge in [-0.1, -0.05) is 19.3 Å². The van der Waals surface area contributed by atoms with Crippen LogP contribution in [0.2, 0.25) is 0 Å². The van der Waals surface area contributed by atoms with E-state index in [-0.39, 0.29) is 24.0 Å². The van der Waals surface area contributed by atoms with Crippen molar-refractivity contribution in [3.05, 3.63) is 34.9 Å². The monoisotopic (exact) mass is 286 g/mol. The standard InChI is InChI=1S/C15H17F3O2/c1-9(16)10-7-11(13(18)12(17)8-10)15(14(19)20)5-3-2-4-6-15/h7-9H,2-6H2,1H3,(H,19,20).